The van der Waals surface area contributed by atoms with E-state index in [2.05, 4.69) is 18.7 Å². The molecule has 0 unspecified atom stereocenters. The summed E-state index contributed by atoms with van der Waals surface area (Å²) in [6, 6.07) is 14.2. The van der Waals surface area contributed by atoms with Gasteiger partial charge in [-0.3, -0.25) is 0 Å². The van der Waals surface area contributed by atoms with Crippen molar-refractivity contribution in [1.29, 1.82) is 0 Å². The number of carbonyl (C=O) groups excluding carboxylic acids is 2. The van der Waals surface area contributed by atoms with Gasteiger partial charge < -0.3 is 14.4 Å². The zero-order chi connectivity index (χ0) is 25.4. The predicted molar refractivity (Wildman–Crippen MR) is 138 cm³/mol. The van der Waals surface area contributed by atoms with Gasteiger partial charge in [0.05, 0.1) is 29.1 Å². The Bertz CT molecular complexity index is 1150. The summed E-state index contributed by atoms with van der Waals surface area (Å²) in [6.07, 6.45) is 1.91. The van der Waals surface area contributed by atoms with Gasteiger partial charge in [-0.1, -0.05) is 55.8 Å². The first-order valence-electron chi connectivity index (χ1n) is 11.9. The van der Waals surface area contributed by atoms with Gasteiger partial charge in [-0.25, -0.2) is 14.3 Å². The van der Waals surface area contributed by atoms with E-state index in [4.69, 9.17) is 26.2 Å². The lowest BCUT2D eigenvalue weighted by atomic mass is 10.1. The predicted octanol–water partition coefficient (Wildman–Crippen LogP) is 5.99. The number of rotatable bonds is 11. The van der Waals surface area contributed by atoms with Crippen molar-refractivity contribution in [3.8, 4) is 5.69 Å². The molecule has 0 aliphatic heterocycles. The fourth-order valence-electron chi connectivity index (χ4n) is 3.79. The van der Waals surface area contributed by atoms with Gasteiger partial charge in [-0.15, -0.1) is 5.10 Å². The van der Waals surface area contributed by atoms with E-state index in [1.165, 1.54) is 6.07 Å². The Kier molecular flexibility index (Phi) is 9.32. The number of ether oxygens (including phenoxy) is 2. The van der Waals surface area contributed by atoms with E-state index in [1.807, 2.05) is 37.3 Å². The molecule has 0 saturated heterocycles. The van der Waals surface area contributed by atoms with Crippen LogP contribution in [0.15, 0.2) is 48.5 Å². The van der Waals surface area contributed by atoms with Crippen LogP contribution in [-0.2, 0) is 16.1 Å². The van der Waals surface area contributed by atoms with Crippen molar-refractivity contribution in [3.05, 3.63) is 75.9 Å². The van der Waals surface area contributed by atoms with Crippen LogP contribution in [0.4, 0.5) is 5.82 Å². The zero-order valence-corrected chi connectivity index (χ0v) is 21.5. The van der Waals surface area contributed by atoms with E-state index in [9.17, 15) is 9.59 Å². The second kappa shape index (κ2) is 12.4. The van der Waals surface area contributed by atoms with Crippen molar-refractivity contribution in [2.24, 2.45) is 0 Å². The van der Waals surface area contributed by atoms with Crippen molar-refractivity contribution in [3.63, 3.8) is 0 Å². The maximum atomic E-state index is 12.9. The molecule has 1 aromatic heterocycles. The highest BCUT2D eigenvalue weighted by Gasteiger charge is 2.24. The number of hydrogen-bond acceptors (Lipinski definition) is 6. The summed E-state index contributed by atoms with van der Waals surface area (Å²) in [5.41, 5.74) is 2.53. The Morgan fingerprint density at radius 2 is 1.66 bits per heavy atom. The van der Waals surface area contributed by atoms with Crippen LogP contribution in [-0.4, -0.2) is 41.4 Å². The van der Waals surface area contributed by atoms with Crippen molar-refractivity contribution >= 4 is 29.4 Å². The van der Waals surface area contributed by atoms with Crippen LogP contribution in [0.3, 0.4) is 0 Å². The molecule has 7 nitrogen and oxygen atoms in total. The second-order valence-corrected chi connectivity index (χ2v) is 8.51. The summed E-state index contributed by atoms with van der Waals surface area (Å²) >= 11 is 6.69. The molecule has 0 spiro atoms. The standard InChI is InChI=1S/C27H32ClN3O4/c1-5-15-30(16-6-2)25-24(28)19(4)31(29-25)23-14-13-21(17-22(23)27(33)34-7-3)26(32)35-18-20-11-9-8-10-12-20/h8-14,17H,5-7,15-16,18H2,1-4H3. The number of halogens is 1. The first kappa shape index (κ1) is 26.3. The van der Waals surface area contributed by atoms with Crippen molar-refractivity contribution < 1.29 is 19.1 Å². The molecule has 1 heterocycles. The summed E-state index contributed by atoms with van der Waals surface area (Å²) in [6.45, 7) is 9.78. The summed E-state index contributed by atoms with van der Waals surface area (Å²) in [5.74, 6) is -0.403. The van der Waals surface area contributed by atoms with E-state index in [0.29, 0.717) is 22.2 Å². The van der Waals surface area contributed by atoms with Gasteiger partial charge in [0, 0.05) is 13.1 Å². The number of nitrogens with zero attached hydrogens (tertiary/aromatic N) is 3. The molecule has 186 valence electrons. The minimum absolute atomic E-state index is 0.137. The van der Waals surface area contributed by atoms with Crippen LogP contribution >= 0.6 is 11.6 Å². The maximum absolute atomic E-state index is 12.9. The number of esters is 2. The maximum Gasteiger partial charge on any atom is 0.340 e. The number of aromatic nitrogens is 2. The molecule has 0 fully saturated rings. The average Bonchev–Trinajstić information content (AvgIpc) is 3.16. The highest BCUT2D eigenvalue weighted by Crippen LogP contribution is 2.32. The Hall–Kier alpha value is -3.32. The highest BCUT2D eigenvalue weighted by atomic mass is 35.5. The number of benzene rings is 2. The molecule has 0 saturated carbocycles. The van der Waals surface area contributed by atoms with Gasteiger partial charge in [0.25, 0.3) is 0 Å². The molecule has 0 amide bonds. The molecule has 0 atom stereocenters. The van der Waals surface area contributed by atoms with Crippen LogP contribution in [0.25, 0.3) is 5.69 Å². The van der Waals surface area contributed by atoms with Crippen LogP contribution in [0.5, 0.6) is 0 Å². The second-order valence-electron chi connectivity index (χ2n) is 8.14. The van der Waals surface area contributed by atoms with Crippen molar-refractivity contribution in [2.45, 2.75) is 47.1 Å². The minimum atomic E-state index is -0.549. The smallest absolute Gasteiger partial charge is 0.340 e. The fourth-order valence-corrected chi connectivity index (χ4v) is 4.03. The molecule has 0 N–H and O–H groups in total. The Labute approximate surface area is 211 Å². The quantitative estimate of drug-likeness (QED) is 0.303. The minimum Gasteiger partial charge on any atom is -0.462 e. The molecule has 3 aromatic rings. The third-order valence-electron chi connectivity index (χ3n) is 5.48. The lowest BCUT2D eigenvalue weighted by Crippen LogP contribution is -2.25. The average molecular weight is 498 g/mol. The molecule has 0 aliphatic carbocycles. The normalized spacial score (nSPS) is 10.8. The first-order valence-corrected chi connectivity index (χ1v) is 12.3. The number of carbonyl (C=O) groups is 2. The molecule has 2 aromatic carbocycles. The Balaban J connectivity index is 1.98. The molecule has 3 rings (SSSR count). The van der Waals surface area contributed by atoms with E-state index < -0.39 is 11.9 Å². The van der Waals surface area contributed by atoms with E-state index in [-0.39, 0.29) is 24.3 Å². The summed E-state index contributed by atoms with van der Waals surface area (Å²) in [4.78, 5) is 27.8. The van der Waals surface area contributed by atoms with Crippen LogP contribution in [0.1, 0.15) is 65.6 Å². The van der Waals surface area contributed by atoms with Crippen LogP contribution in [0.2, 0.25) is 5.02 Å². The molecule has 0 radical (unpaired) electrons. The zero-order valence-electron chi connectivity index (χ0n) is 20.7. The van der Waals surface area contributed by atoms with Gasteiger partial charge in [-0.05, 0) is 50.5 Å². The van der Waals surface area contributed by atoms with E-state index >= 15 is 0 Å². The molecule has 35 heavy (non-hydrogen) atoms. The highest BCUT2D eigenvalue weighted by molar-refractivity contribution is 6.33. The third kappa shape index (κ3) is 6.22. The van der Waals surface area contributed by atoms with E-state index in [0.717, 1.165) is 31.5 Å². The molecule has 0 aliphatic rings. The van der Waals surface area contributed by atoms with Crippen LogP contribution in [0, 0.1) is 6.92 Å². The topological polar surface area (TPSA) is 73.7 Å². The Morgan fingerprint density at radius 1 is 0.971 bits per heavy atom. The van der Waals surface area contributed by atoms with Gasteiger partial charge in [0.1, 0.15) is 11.6 Å². The van der Waals surface area contributed by atoms with Crippen molar-refractivity contribution in [1.82, 2.24) is 9.78 Å². The molecule has 8 heteroatoms. The largest absolute Gasteiger partial charge is 0.462 e. The number of anilines is 1. The van der Waals surface area contributed by atoms with Gasteiger partial charge >= 0.3 is 11.9 Å². The van der Waals surface area contributed by atoms with Gasteiger partial charge in [-0.2, -0.15) is 0 Å². The fraction of sp³-hybridized carbons (Fsp3) is 0.370. The lowest BCUT2D eigenvalue weighted by Gasteiger charge is -2.21. The molecular weight excluding hydrogens is 466 g/mol. The third-order valence-corrected chi connectivity index (χ3v) is 5.92. The summed E-state index contributed by atoms with van der Waals surface area (Å²) < 4.78 is 12.4. The van der Waals surface area contributed by atoms with E-state index in [1.54, 1.807) is 23.7 Å². The summed E-state index contributed by atoms with van der Waals surface area (Å²) in [7, 11) is 0. The van der Waals surface area contributed by atoms with Gasteiger partial charge in [0.15, 0.2) is 5.82 Å². The van der Waals surface area contributed by atoms with Crippen molar-refractivity contribution in [2.75, 3.05) is 24.6 Å². The first-order chi connectivity index (χ1) is 16.9. The molecular formula is C27H32ClN3O4. The summed E-state index contributed by atoms with van der Waals surface area (Å²) in [5, 5.41) is 5.29. The Morgan fingerprint density at radius 3 is 2.29 bits per heavy atom. The molecule has 0 bridgehead atoms. The number of hydrogen-bond donors (Lipinski definition) is 0. The van der Waals surface area contributed by atoms with Crippen LogP contribution < -0.4 is 4.90 Å². The SMILES string of the molecule is CCCN(CCC)c1nn(-c2ccc(C(=O)OCc3ccccc3)cc2C(=O)OCC)c(C)c1Cl. The van der Waals surface area contributed by atoms with Gasteiger partial charge in [0.2, 0.25) is 0 Å². The monoisotopic (exact) mass is 497 g/mol. The lowest BCUT2D eigenvalue weighted by molar-refractivity contribution is 0.0472.